The van der Waals surface area contributed by atoms with Crippen LogP contribution >= 0.6 is 0 Å². The summed E-state index contributed by atoms with van der Waals surface area (Å²) in [5.41, 5.74) is 0. The topological polar surface area (TPSA) is 82.2 Å². The lowest BCUT2D eigenvalue weighted by Crippen LogP contribution is -2.30. The van der Waals surface area contributed by atoms with Gasteiger partial charge in [-0.15, -0.1) is 0 Å². The molecule has 0 aromatic heterocycles. The lowest BCUT2D eigenvalue weighted by molar-refractivity contribution is -0.0334. The molecule has 0 unspecified atom stereocenters. The molecule has 0 aromatic carbocycles. The third-order valence-electron chi connectivity index (χ3n) is 7.66. The fourth-order valence-corrected chi connectivity index (χ4v) is 4.08. The summed E-state index contributed by atoms with van der Waals surface area (Å²) in [6.07, 6.45) is 25.5. The van der Waals surface area contributed by atoms with Gasteiger partial charge < -0.3 is 39.6 Å². The van der Waals surface area contributed by atoms with Crippen molar-refractivity contribution in [3.8, 4) is 0 Å². The molecular weight excluding hydrogens is 530 g/mol. The Balaban J connectivity index is -0.000000445. The first-order valence-electron chi connectivity index (χ1n) is 18.0. The first kappa shape index (κ1) is 39.7. The van der Waals surface area contributed by atoms with E-state index in [2.05, 4.69) is 16.0 Å². The van der Waals surface area contributed by atoms with E-state index in [1.807, 2.05) is 0 Å². The maximum atomic E-state index is 5.07. The van der Waals surface area contributed by atoms with E-state index in [1.54, 1.807) is 0 Å². The highest BCUT2D eigenvalue weighted by molar-refractivity contribution is 4.56. The van der Waals surface area contributed by atoms with Crippen molar-refractivity contribution >= 4 is 0 Å². The summed E-state index contributed by atoms with van der Waals surface area (Å²) >= 11 is 0. The zero-order valence-corrected chi connectivity index (χ0v) is 27.6. The highest BCUT2D eigenvalue weighted by atomic mass is 16.6. The minimum absolute atomic E-state index is 0. The van der Waals surface area contributed by atoms with Crippen LogP contribution in [0.25, 0.3) is 0 Å². The Morgan fingerprint density at radius 1 is 0.214 bits per heavy atom. The lowest BCUT2D eigenvalue weighted by Gasteiger charge is -2.10. The number of hydrogen-bond acceptors (Lipinski definition) is 8. The fourth-order valence-electron chi connectivity index (χ4n) is 4.08. The average molecular weight is 608 g/mol. The van der Waals surface area contributed by atoms with Gasteiger partial charge in [0.15, 0.2) is 0 Å². The Bertz CT molecular complexity index is 339. The van der Waals surface area contributed by atoms with Crippen molar-refractivity contribution < 1.29 is 28.0 Å². The standard InChI is InChI=1S/C5H11N.C5H10O.C4H9NO.C4H9N.C4H8O2.C4H8O.2C4H8.3H2/c2*1-2-4-6-5-3-1;1-3-6-4-2-5-1;1-2-4-5-3-1;1-2-6-4-3-5-1;1-2-4-5-3-1;2*1-2-4-3-1;;;/h6H,1-5H2;1-5H2;5H,1-4H2;5H,1-4H2;1-4H2;1-4H2;2*1-4H2;3*1H. The van der Waals surface area contributed by atoms with Crippen molar-refractivity contribution in [3.63, 3.8) is 0 Å². The Morgan fingerprint density at radius 3 is 0.595 bits per heavy atom. The van der Waals surface area contributed by atoms with E-state index in [9.17, 15) is 0 Å². The molecule has 2 saturated carbocycles. The normalized spacial score (nSPS) is 24.0. The SMILES string of the molecule is C1CCC1.C1CCC1.C1CCNC1.C1CCNCC1.C1CCOC1.C1CCOCC1.C1COCCN1.C1COCCO1.[HH].[HH].[HH]. The van der Waals surface area contributed by atoms with Crippen LogP contribution in [0, 0.1) is 0 Å². The molecule has 0 bridgehead atoms. The molecule has 0 amide bonds. The molecule has 42 heavy (non-hydrogen) atoms. The number of rotatable bonds is 0. The van der Waals surface area contributed by atoms with Crippen LogP contribution in [0.5, 0.6) is 0 Å². The second kappa shape index (κ2) is 36.9. The van der Waals surface area contributed by atoms with E-state index in [1.165, 1.54) is 142 Å². The van der Waals surface area contributed by atoms with Crippen LogP contribution in [0.4, 0.5) is 0 Å². The molecule has 6 aliphatic heterocycles. The third kappa shape index (κ3) is 34.2. The summed E-state index contributed by atoms with van der Waals surface area (Å²) in [6.45, 7) is 15.9. The second-order valence-electron chi connectivity index (χ2n) is 11.7. The first-order chi connectivity index (χ1) is 21.0. The summed E-state index contributed by atoms with van der Waals surface area (Å²) in [4.78, 5) is 0. The van der Waals surface area contributed by atoms with Gasteiger partial charge in [0.05, 0.1) is 39.6 Å². The zero-order chi connectivity index (χ0) is 29.7. The van der Waals surface area contributed by atoms with Gasteiger partial charge in [-0.05, 0) is 84.0 Å². The van der Waals surface area contributed by atoms with Crippen molar-refractivity contribution in [1.29, 1.82) is 0 Å². The lowest BCUT2D eigenvalue weighted by atomic mass is 10.0. The number of hydrogen-bond donors (Lipinski definition) is 3. The summed E-state index contributed by atoms with van der Waals surface area (Å²) in [5, 5.41) is 9.67. The van der Waals surface area contributed by atoms with Crippen LogP contribution in [0.15, 0.2) is 0 Å². The van der Waals surface area contributed by atoms with Crippen LogP contribution in [0.3, 0.4) is 0 Å². The van der Waals surface area contributed by atoms with E-state index in [4.69, 9.17) is 23.7 Å². The van der Waals surface area contributed by atoms with Crippen molar-refractivity contribution in [2.45, 2.75) is 116 Å². The summed E-state index contributed by atoms with van der Waals surface area (Å²) in [6, 6.07) is 0. The molecule has 3 N–H and O–H groups in total. The van der Waals surface area contributed by atoms with E-state index >= 15 is 0 Å². The largest absolute Gasteiger partial charge is 0.381 e. The molecule has 258 valence electrons. The molecule has 8 nitrogen and oxygen atoms in total. The quantitative estimate of drug-likeness (QED) is 0.284. The zero-order valence-electron chi connectivity index (χ0n) is 27.6. The molecule has 8 fully saturated rings. The highest BCUT2D eigenvalue weighted by Gasteiger charge is 1.98. The van der Waals surface area contributed by atoms with Gasteiger partial charge in [-0.3, -0.25) is 0 Å². The molecule has 0 spiro atoms. The second-order valence-corrected chi connectivity index (χ2v) is 11.7. The first-order valence-corrected chi connectivity index (χ1v) is 18.0. The Hall–Kier alpha value is -0.320. The van der Waals surface area contributed by atoms with E-state index < -0.39 is 0 Å². The fraction of sp³-hybridized carbons (Fsp3) is 1.00. The maximum Gasteiger partial charge on any atom is 0.0701 e. The van der Waals surface area contributed by atoms with E-state index in [-0.39, 0.29) is 4.28 Å². The Labute approximate surface area is 264 Å². The van der Waals surface area contributed by atoms with Gasteiger partial charge in [-0.1, -0.05) is 57.8 Å². The van der Waals surface area contributed by atoms with Gasteiger partial charge in [-0.2, -0.15) is 0 Å². The van der Waals surface area contributed by atoms with Crippen molar-refractivity contribution in [2.24, 2.45) is 0 Å². The van der Waals surface area contributed by atoms with Crippen molar-refractivity contribution in [3.05, 3.63) is 0 Å². The van der Waals surface area contributed by atoms with Crippen LogP contribution < -0.4 is 16.0 Å². The number of morpholine rings is 1. The van der Waals surface area contributed by atoms with Gasteiger partial charge in [0.25, 0.3) is 0 Å². The molecule has 6 saturated heterocycles. The van der Waals surface area contributed by atoms with Crippen LogP contribution in [-0.2, 0) is 23.7 Å². The molecule has 0 radical (unpaired) electrons. The molecule has 2 aliphatic carbocycles. The molecule has 8 aliphatic rings. The molecule has 8 heteroatoms. The van der Waals surface area contributed by atoms with Crippen LogP contribution in [-0.4, -0.2) is 105 Å². The summed E-state index contributed by atoms with van der Waals surface area (Å²) in [7, 11) is 0. The monoisotopic (exact) mass is 608 g/mol. The van der Waals surface area contributed by atoms with Gasteiger partial charge in [0.2, 0.25) is 0 Å². The number of nitrogens with one attached hydrogen (secondary N) is 3. The summed E-state index contributed by atoms with van der Waals surface area (Å²) in [5.74, 6) is 0. The van der Waals surface area contributed by atoms with Gasteiger partial charge in [-0.25, -0.2) is 0 Å². The van der Waals surface area contributed by atoms with Gasteiger partial charge >= 0.3 is 0 Å². The minimum atomic E-state index is 0. The predicted octanol–water partition coefficient (Wildman–Crippen LogP) is 6.61. The highest BCUT2D eigenvalue weighted by Crippen LogP contribution is 2.15. The average Bonchev–Trinajstić information content (AvgIpc) is 3.81. The Kier molecular flexibility index (Phi) is 34.9. The van der Waals surface area contributed by atoms with Gasteiger partial charge in [0.1, 0.15) is 0 Å². The predicted molar refractivity (Wildman–Crippen MR) is 182 cm³/mol. The molecule has 8 rings (SSSR count). The van der Waals surface area contributed by atoms with Crippen molar-refractivity contribution in [1.82, 2.24) is 16.0 Å². The summed E-state index contributed by atoms with van der Waals surface area (Å²) < 4.78 is 24.9. The Morgan fingerprint density at radius 2 is 0.452 bits per heavy atom. The van der Waals surface area contributed by atoms with Gasteiger partial charge in [0, 0.05) is 43.8 Å². The van der Waals surface area contributed by atoms with Crippen molar-refractivity contribution in [2.75, 3.05) is 105 Å². The number of ether oxygens (including phenoxy) is 5. The maximum absolute atomic E-state index is 5.07. The molecular formula is C34H77N3O5. The molecule has 6 heterocycles. The molecule has 0 atom stereocenters. The minimum Gasteiger partial charge on any atom is -0.381 e. The van der Waals surface area contributed by atoms with E-state index in [0.29, 0.717) is 0 Å². The van der Waals surface area contributed by atoms with Crippen LogP contribution in [0.2, 0.25) is 0 Å². The van der Waals surface area contributed by atoms with E-state index in [0.717, 1.165) is 79.2 Å². The third-order valence-corrected chi connectivity index (χ3v) is 7.66. The number of piperidine rings is 1. The van der Waals surface area contributed by atoms with Crippen LogP contribution in [0.1, 0.15) is 120 Å². The molecule has 0 aromatic rings. The smallest absolute Gasteiger partial charge is 0.0701 e.